The number of rotatable bonds is 7. The summed E-state index contributed by atoms with van der Waals surface area (Å²) < 4.78 is 5.14. The van der Waals surface area contributed by atoms with Gasteiger partial charge in [0.2, 0.25) is 0 Å². The first-order chi connectivity index (χ1) is 10.0. The number of nitrogens with zero attached hydrogens (tertiary/aromatic N) is 1. The van der Waals surface area contributed by atoms with E-state index in [2.05, 4.69) is 5.32 Å². The fourth-order valence-electron chi connectivity index (χ4n) is 1.57. The van der Waals surface area contributed by atoms with Crippen LogP contribution in [0.2, 0.25) is 0 Å². The van der Waals surface area contributed by atoms with Crippen LogP contribution in [0.5, 0.6) is 5.75 Å². The zero-order valence-electron chi connectivity index (χ0n) is 10.9. The normalized spacial score (nSPS) is 10.1. The van der Waals surface area contributed by atoms with Crippen LogP contribution in [-0.4, -0.2) is 17.4 Å². The van der Waals surface area contributed by atoms with Gasteiger partial charge in [-0.2, -0.15) is 0 Å². The number of primary amides is 1. The van der Waals surface area contributed by atoms with Crippen LogP contribution >= 0.6 is 11.3 Å². The summed E-state index contributed by atoms with van der Waals surface area (Å²) in [5.41, 5.74) is 5.83. The third-order valence-corrected chi connectivity index (χ3v) is 3.57. The molecule has 0 saturated carbocycles. The molecule has 0 atom stereocenters. The first kappa shape index (κ1) is 14.8. The molecule has 0 bridgehead atoms. The smallest absolute Gasteiger partial charge is 0.324 e. The topological polar surface area (TPSA) is 107 Å². The molecule has 0 radical (unpaired) electrons. The first-order valence-corrected chi connectivity index (χ1v) is 6.84. The Hall–Kier alpha value is -2.61. The molecule has 8 heteroatoms. The number of carbonyl (C=O) groups excluding carboxylic acids is 1. The number of thiophene rings is 1. The zero-order valence-corrected chi connectivity index (χ0v) is 11.8. The molecule has 0 saturated heterocycles. The van der Waals surface area contributed by atoms with Gasteiger partial charge in [-0.25, -0.2) is 0 Å². The number of nitrogens with two attached hydrogens (primary N) is 1. The van der Waals surface area contributed by atoms with E-state index < -0.39 is 10.8 Å². The average Bonchev–Trinajstić information content (AvgIpc) is 2.93. The average molecular weight is 307 g/mol. The highest BCUT2D eigenvalue weighted by Crippen LogP contribution is 2.25. The van der Waals surface area contributed by atoms with Gasteiger partial charge in [-0.1, -0.05) is 11.3 Å². The van der Waals surface area contributed by atoms with Crippen molar-refractivity contribution in [1.29, 1.82) is 0 Å². The lowest BCUT2D eigenvalue weighted by Gasteiger charge is -2.07. The van der Waals surface area contributed by atoms with Gasteiger partial charge in [0, 0.05) is 23.2 Å². The van der Waals surface area contributed by atoms with Crippen LogP contribution in [0, 0.1) is 10.1 Å². The van der Waals surface area contributed by atoms with Gasteiger partial charge in [-0.15, -0.1) is 0 Å². The third-order valence-electron chi connectivity index (χ3n) is 2.53. The highest BCUT2D eigenvalue weighted by Gasteiger charge is 2.09. The number of benzene rings is 1. The second kappa shape index (κ2) is 6.71. The van der Waals surface area contributed by atoms with Crippen molar-refractivity contribution >= 4 is 27.9 Å². The predicted octanol–water partition coefficient (Wildman–Crippen LogP) is 2.13. The van der Waals surface area contributed by atoms with Crippen LogP contribution in [0.3, 0.4) is 0 Å². The summed E-state index contributed by atoms with van der Waals surface area (Å²) in [6.07, 6.45) is 0. The van der Waals surface area contributed by atoms with Gasteiger partial charge in [0.15, 0.2) is 6.61 Å². The minimum atomic E-state index is -0.531. The molecule has 0 unspecified atom stereocenters. The SMILES string of the molecule is NC(=O)COc1ccc(NCc2ccc([N+](=O)[O-])s2)cc1. The molecule has 1 amide bonds. The maximum Gasteiger partial charge on any atom is 0.324 e. The summed E-state index contributed by atoms with van der Waals surface area (Å²) >= 11 is 1.14. The Morgan fingerprint density at radius 2 is 2.00 bits per heavy atom. The Labute approximate surface area is 124 Å². The van der Waals surface area contributed by atoms with Gasteiger partial charge in [0.05, 0.1) is 4.92 Å². The number of nitrogens with one attached hydrogen (secondary N) is 1. The molecule has 0 aliphatic heterocycles. The van der Waals surface area contributed by atoms with Gasteiger partial charge in [-0.3, -0.25) is 14.9 Å². The van der Waals surface area contributed by atoms with E-state index in [0.717, 1.165) is 21.9 Å². The van der Waals surface area contributed by atoms with Crippen molar-refractivity contribution in [3.05, 3.63) is 51.4 Å². The van der Waals surface area contributed by atoms with Crippen molar-refractivity contribution < 1.29 is 14.5 Å². The number of nitro groups is 1. The van der Waals surface area contributed by atoms with E-state index in [9.17, 15) is 14.9 Å². The molecule has 3 N–H and O–H groups in total. The lowest BCUT2D eigenvalue weighted by atomic mass is 10.3. The van der Waals surface area contributed by atoms with Crippen molar-refractivity contribution in [2.45, 2.75) is 6.54 Å². The van der Waals surface area contributed by atoms with Gasteiger partial charge in [-0.05, 0) is 30.3 Å². The molecule has 2 rings (SSSR count). The van der Waals surface area contributed by atoms with Crippen LogP contribution in [0.4, 0.5) is 10.7 Å². The van der Waals surface area contributed by atoms with Crippen LogP contribution in [-0.2, 0) is 11.3 Å². The van der Waals surface area contributed by atoms with Crippen molar-refractivity contribution in [3.63, 3.8) is 0 Å². The van der Waals surface area contributed by atoms with Crippen molar-refractivity contribution in [2.75, 3.05) is 11.9 Å². The van der Waals surface area contributed by atoms with Crippen LogP contribution < -0.4 is 15.8 Å². The molecule has 110 valence electrons. The number of amides is 1. The predicted molar refractivity (Wildman–Crippen MR) is 79.4 cm³/mol. The molecular formula is C13H13N3O4S. The van der Waals surface area contributed by atoms with Gasteiger partial charge in [0.25, 0.3) is 5.91 Å². The third kappa shape index (κ3) is 4.46. The maximum absolute atomic E-state index is 10.6. The second-order valence-electron chi connectivity index (χ2n) is 4.13. The molecule has 21 heavy (non-hydrogen) atoms. The summed E-state index contributed by atoms with van der Waals surface area (Å²) in [5.74, 6) is 0.0163. The standard InChI is InChI=1S/C13H13N3O4S/c14-12(17)8-20-10-3-1-9(2-4-10)15-7-11-5-6-13(21-11)16(18)19/h1-6,15H,7-8H2,(H2,14,17). The molecule has 0 aliphatic rings. The molecular weight excluding hydrogens is 294 g/mol. The van der Waals surface area contributed by atoms with Crippen LogP contribution in [0.15, 0.2) is 36.4 Å². The minimum Gasteiger partial charge on any atom is -0.484 e. The summed E-state index contributed by atoms with van der Waals surface area (Å²) in [6.45, 7) is 0.339. The van der Waals surface area contributed by atoms with Gasteiger partial charge in [0.1, 0.15) is 5.75 Å². The zero-order chi connectivity index (χ0) is 15.2. The summed E-state index contributed by atoms with van der Waals surface area (Å²) in [6, 6.07) is 10.2. The van der Waals surface area contributed by atoms with Crippen molar-refractivity contribution in [3.8, 4) is 5.75 Å². The van der Waals surface area contributed by atoms with E-state index >= 15 is 0 Å². The lowest BCUT2D eigenvalue weighted by Crippen LogP contribution is -2.19. The molecule has 1 aromatic heterocycles. The first-order valence-electron chi connectivity index (χ1n) is 6.03. The molecule has 0 spiro atoms. The van der Waals surface area contributed by atoms with Crippen LogP contribution in [0.1, 0.15) is 4.88 Å². The molecule has 7 nitrogen and oxygen atoms in total. The molecule has 0 aliphatic carbocycles. The maximum atomic E-state index is 10.6. The summed E-state index contributed by atoms with van der Waals surface area (Å²) in [7, 11) is 0. The van der Waals surface area contributed by atoms with E-state index in [-0.39, 0.29) is 11.6 Å². The van der Waals surface area contributed by atoms with E-state index in [1.54, 1.807) is 30.3 Å². The lowest BCUT2D eigenvalue weighted by molar-refractivity contribution is -0.380. The summed E-state index contributed by atoms with van der Waals surface area (Å²) in [5, 5.41) is 13.9. The Morgan fingerprint density at radius 3 is 2.57 bits per heavy atom. The number of ether oxygens (including phenoxy) is 1. The van der Waals surface area contributed by atoms with Crippen molar-refractivity contribution in [1.82, 2.24) is 0 Å². The molecule has 2 aromatic rings. The van der Waals surface area contributed by atoms with E-state index in [1.807, 2.05) is 0 Å². The molecule has 1 heterocycles. The quantitative estimate of drug-likeness (QED) is 0.602. The summed E-state index contributed by atoms with van der Waals surface area (Å²) in [4.78, 5) is 21.6. The van der Waals surface area contributed by atoms with Gasteiger partial charge < -0.3 is 15.8 Å². The Bertz CT molecular complexity index is 639. The largest absolute Gasteiger partial charge is 0.484 e. The van der Waals surface area contributed by atoms with Gasteiger partial charge >= 0.3 is 5.00 Å². The second-order valence-corrected chi connectivity index (χ2v) is 5.28. The minimum absolute atomic E-state index is 0.127. The van der Waals surface area contributed by atoms with Crippen LogP contribution in [0.25, 0.3) is 0 Å². The van der Waals surface area contributed by atoms with E-state index in [0.29, 0.717) is 12.3 Å². The number of hydrogen-bond acceptors (Lipinski definition) is 6. The molecule has 0 fully saturated rings. The highest BCUT2D eigenvalue weighted by molar-refractivity contribution is 7.15. The monoisotopic (exact) mass is 307 g/mol. The highest BCUT2D eigenvalue weighted by atomic mass is 32.1. The Kier molecular flexibility index (Phi) is 4.72. The number of carbonyl (C=O) groups is 1. The van der Waals surface area contributed by atoms with Crippen molar-refractivity contribution in [2.24, 2.45) is 5.73 Å². The van der Waals surface area contributed by atoms with E-state index in [4.69, 9.17) is 10.5 Å². The Balaban J connectivity index is 1.88. The number of anilines is 1. The fraction of sp³-hybridized carbons (Fsp3) is 0.154. The number of hydrogen-bond donors (Lipinski definition) is 2. The Morgan fingerprint density at radius 1 is 1.29 bits per heavy atom. The fourth-order valence-corrected chi connectivity index (χ4v) is 2.33. The molecule has 1 aromatic carbocycles. The van der Waals surface area contributed by atoms with E-state index in [1.165, 1.54) is 6.07 Å².